The molecule has 0 radical (unpaired) electrons. The number of benzene rings is 1. The van der Waals surface area contributed by atoms with Crippen molar-refractivity contribution in [2.75, 3.05) is 31.1 Å². The average Bonchev–Trinajstić information content (AvgIpc) is 3.08. The van der Waals surface area contributed by atoms with Crippen LogP contribution < -0.4 is 15.5 Å². The van der Waals surface area contributed by atoms with Gasteiger partial charge in [-0.2, -0.15) is 0 Å². The average molecular weight is 271 g/mol. The maximum Gasteiger partial charge on any atom is 0.0400 e. The molecule has 0 spiro atoms. The highest BCUT2D eigenvalue weighted by atomic mass is 15.2. The van der Waals surface area contributed by atoms with Crippen LogP contribution in [0.1, 0.15) is 31.4 Å². The van der Waals surface area contributed by atoms with Crippen molar-refractivity contribution in [3.05, 3.63) is 35.5 Å². The summed E-state index contributed by atoms with van der Waals surface area (Å²) >= 11 is 0. The van der Waals surface area contributed by atoms with E-state index in [0.717, 1.165) is 32.6 Å². The first-order chi connectivity index (χ1) is 9.78. The molecule has 0 aliphatic carbocycles. The summed E-state index contributed by atoms with van der Waals surface area (Å²) in [5, 5.41) is 6.81. The molecule has 0 saturated carbocycles. The van der Waals surface area contributed by atoms with E-state index in [4.69, 9.17) is 0 Å². The van der Waals surface area contributed by atoms with Crippen LogP contribution in [0, 0.1) is 0 Å². The van der Waals surface area contributed by atoms with Crippen LogP contribution in [-0.4, -0.2) is 32.2 Å². The molecule has 0 amide bonds. The van der Waals surface area contributed by atoms with Crippen LogP contribution in [0.25, 0.3) is 5.57 Å². The summed E-state index contributed by atoms with van der Waals surface area (Å²) < 4.78 is 0. The Balaban J connectivity index is 1.74. The Hall–Kier alpha value is -1.48. The van der Waals surface area contributed by atoms with Crippen LogP contribution in [0.3, 0.4) is 0 Å². The highest BCUT2D eigenvalue weighted by Gasteiger charge is 2.21. The zero-order valence-electron chi connectivity index (χ0n) is 12.6. The van der Waals surface area contributed by atoms with E-state index < -0.39 is 0 Å². The third-order valence-electron chi connectivity index (χ3n) is 4.30. The smallest absolute Gasteiger partial charge is 0.0400 e. The Kier molecular flexibility index (Phi) is 3.97. The van der Waals surface area contributed by atoms with Gasteiger partial charge in [-0.15, -0.1) is 0 Å². The largest absolute Gasteiger partial charge is 0.390 e. The van der Waals surface area contributed by atoms with Crippen LogP contribution >= 0.6 is 0 Å². The standard InChI is InChI=1S/C17H25N3/c1-3-19-13(2)12-20-9-7-15-10-14(4-5-17(15)20)16-6-8-18-11-16/h4-5,10-11,13,18-19H,3,6-9,12H2,1-2H3. The van der Waals surface area contributed by atoms with E-state index in [9.17, 15) is 0 Å². The molecule has 2 aliphatic heterocycles. The molecule has 108 valence electrons. The van der Waals surface area contributed by atoms with Gasteiger partial charge >= 0.3 is 0 Å². The molecule has 1 atom stereocenters. The van der Waals surface area contributed by atoms with Gasteiger partial charge in [-0.05, 0) is 55.1 Å². The first-order valence-electron chi connectivity index (χ1n) is 7.82. The lowest BCUT2D eigenvalue weighted by molar-refractivity contribution is 0.557. The van der Waals surface area contributed by atoms with Gasteiger partial charge in [-0.25, -0.2) is 0 Å². The van der Waals surface area contributed by atoms with Gasteiger partial charge in [-0.3, -0.25) is 0 Å². The summed E-state index contributed by atoms with van der Waals surface area (Å²) in [5.41, 5.74) is 5.80. The Morgan fingerprint density at radius 2 is 2.25 bits per heavy atom. The number of fused-ring (bicyclic) bond motifs is 1. The van der Waals surface area contributed by atoms with Gasteiger partial charge in [0.2, 0.25) is 0 Å². The van der Waals surface area contributed by atoms with E-state index >= 15 is 0 Å². The molecule has 1 aromatic carbocycles. The van der Waals surface area contributed by atoms with Gasteiger partial charge in [0, 0.05) is 37.6 Å². The molecule has 1 unspecified atom stereocenters. The van der Waals surface area contributed by atoms with Gasteiger partial charge in [0.05, 0.1) is 0 Å². The van der Waals surface area contributed by atoms with E-state index in [1.807, 2.05) is 0 Å². The fourth-order valence-corrected chi connectivity index (χ4v) is 3.31. The highest BCUT2D eigenvalue weighted by molar-refractivity contribution is 5.71. The van der Waals surface area contributed by atoms with E-state index in [1.165, 1.54) is 28.8 Å². The fraction of sp³-hybridized carbons (Fsp3) is 0.529. The van der Waals surface area contributed by atoms with E-state index in [2.05, 4.69) is 53.8 Å². The monoisotopic (exact) mass is 271 g/mol. The van der Waals surface area contributed by atoms with E-state index in [-0.39, 0.29) is 0 Å². The summed E-state index contributed by atoms with van der Waals surface area (Å²) in [6, 6.07) is 7.54. The van der Waals surface area contributed by atoms with Crippen molar-refractivity contribution in [1.29, 1.82) is 0 Å². The normalized spacial score (nSPS) is 18.7. The van der Waals surface area contributed by atoms with Crippen molar-refractivity contribution in [3.63, 3.8) is 0 Å². The van der Waals surface area contributed by atoms with Crippen LogP contribution in [-0.2, 0) is 6.42 Å². The third kappa shape index (κ3) is 2.68. The molecule has 3 nitrogen and oxygen atoms in total. The quantitative estimate of drug-likeness (QED) is 0.861. The van der Waals surface area contributed by atoms with Crippen LogP contribution in [0.4, 0.5) is 5.69 Å². The number of anilines is 1. The first kappa shape index (κ1) is 13.5. The van der Waals surface area contributed by atoms with Gasteiger partial charge in [0.15, 0.2) is 0 Å². The van der Waals surface area contributed by atoms with Crippen molar-refractivity contribution < 1.29 is 0 Å². The zero-order chi connectivity index (χ0) is 13.9. The maximum absolute atomic E-state index is 3.50. The molecule has 0 fully saturated rings. The lowest BCUT2D eigenvalue weighted by atomic mass is 10.0. The van der Waals surface area contributed by atoms with Crippen molar-refractivity contribution >= 4 is 11.3 Å². The summed E-state index contributed by atoms with van der Waals surface area (Å²) in [7, 11) is 0. The maximum atomic E-state index is 3.50. The zero-order valence-corrected chi connectivity index (χ0v) is 12.6. The predicted octanol–water partition coefficient (Wildman–Crippen LogP) is 2.38. The second kappa shape index (κ2) is 5.88. The van der Waals surface area contributed by atoms with Gasteiger partial charge < -0.3 is 15.5 Å². The number of likely N-dealkylation sites (N-methyl/N-ethyl adjacent to an activating group) is 1. The second-order valence-electron chi connectivity index (χ2n) is 5.87. The second-order valence-corrected chi connectivity index (χ2v) is 5.87. The molecule has 20 heavy (non-hydrogen) atoms. The summed E-state index contributed by atoms with van der Waals surface area (Å²) in [5.74, 6) is 0. The van der Waals surface area contributed by atoms with Crippen LogP contribution in [0.15, 0.2) is 24.4 Å². The third-order valence-corrected chi connectivity index (χ3v) is 4.30. The minimum absolute atomic E-state index is 0.548. The number of nitrogens with one attached hydrogen (secondary N) is 2. The number of nitrogens with zero attached hydrogens (tertiary/aromatic N) is 1. The Morgan fingerprint density at radius 1 is 1.35 bits per heavy atom. The van der Waals surface area contributed by atoms with Gasteiger partial charge in [0.25, 0.3) is 0 Å². The van der Waals surface area contributed by atoms with Crippen molar-refractivity contribution in [3.8, 4) is 0 Å². The predicted molar refractivity (Wildman–Crippen MR) is 86.1 cm³/mol. The molecule has 3 heteroatoms. The Bertz CT molecular complexity index is 507. The Labute approximate surface area is 122 Å². The molecule has 1 aromatic rings. The number of hydrogen-bond acceptors (Lipinski definition) is 3. The van der Waals surface area contributed by atoms with Gasteiger partial charge in [-0.1, -0.05) is 13.0 Å². The molecule has 0 saturated heterocycles. The molecule has 0 aromatic heterocycles. The molecule has 3 rings (SSSR count). The Morgan fingerprint density at radius 3 is 3.00 bits per heavy atom. The minimum Gasteiger partial charge on any atom is -0.390 e. The molecule has 2 N–H and O–H groups in total. The first-order valence-corrected chi connectivity index (χ1v) is 7.82. The minimum atomic E-state index is 0.548. The van der Waals surface area contributed by atoms with Crippen molar-refractivity contribution in [1.82, 2.24) is 10.6 Å². The van der Waals surface area contributed by atoms with Gasteiger partial charge in [0.1, 0.15) is 0 Å². The van der Waals surface area contributed by atoms with E-state index in [0.29, 0.717) is 6.04 Å². The molecule has 2 heterocycles. The van der Waals surface area contributed by atoms with Crippen LogP contribution in [0.5, 0.6) is 0 Å². The summed E-state index contributed by atoms with van der Waals surface area (Å²) in [6.45, 7) is 8.83. The molecule has 0 bridgehead atoms. The van der Waals surface area contributed by atoms with Crippen LogP contribution in [0.2, 0.25) is 0 Å². The van der Waals surface area contributed by atoms with Crippen molar-refractivity contribution in [2.24, 2.45) is 0 Å². The molecular weight excluding hydrogens is 246 g/mol. The summed E-state index contributed by atoms with van der Waals surface area (Å²) in [4.78, 5) is 2.52. The molecule has 2 aliphatic rings. The molecular formula is C17H25N3. The number of hydrogen-bond donors (Lipinski definition) is 2. The van der Waals surface area contributed by atoms with Crippen molar-refractivity contribution in [2.45, 2.75) is 32.7 Å². The topological polar surface area (TPSA) is 27.3 Å². The number of rotatable bonds is 5. The fourth-order valence-electron chi connectivity index (χ4n) is 3.31. The lowest BCUT2D eigenvalue weighted by Gasteiger charge is -2.24. The lowest BCUT2D eigenvalue weighted by Crippen LogP contribution is -2.38. The van der Waals surface area contributed by atoms with E-state index in [1.54, 1.807) is 0 Å². The highest BCUT2D eigenvalue weighted by Crippen LogP contribution is 2.32. The summed E-state index contributed by atoms with van der Waals surface area (Å²) in [6.07, 6.45) is 4.50. The SMILES string of the molecule is CCNC(C)CN1CCc2cc(C3=CNCC3)ccc21.